The molecule has 1 aliphatic rings. The van der Waals surface area contributed by atoms with Gasteiger partial charge in [0.05, 0.1) is 0 Å². The fourth-order valence-electron chi connectivity index (χ4n) is 2.70. The number of rotatable bonds is 4. The van der Waals surface area contributed by atoms with Crippen molar-refractivity contribution in [3.05, 3.63) is 40.4 Å². The van der Waals surface area contributed by atoms with Gasteiger partial charge in [0.15, 0.2) is 0 Å². The first-order valence-corrected chi connectivity index (χ1v) is 7.02. The maximum Gasteiger partial charge on any atom is 0.0486 e. The fourth-order valence-corrected chi connectivity index (χ4v) is 3.15. The summed E-state index contributed by atoms with van der Waals surface area (Å²) in [6.07, 6.45) is 4.01. The smallest absolute Gasteiger partial charge is 0.0486 e. The Bertz CT molecular complexity index is 437. The van der Waals surface area contributed by atoms with Crippen LogP contribution in [0.5, 0.6) is 0 Å². The standard InChI is InChI=1S/C16H22ClN/c1-11-8-12(2)16(15(17)9-11)13(3)10-18(4)14-6-5-7-14/h8-9,14H,3,5-7,10H2,1-2,4H3. The second kappa shape index (κ2) is 5.46. The minimum absolute atomic E-state index is 0.742. The van der Waals surface area contributed by atoms with Crippen molar-refractivity contribution < 1.29 is 0 Å². The molecule has 1 aromatic rings. The lowest BCUT2D eigenvalue weighted by atomic mass is 9.91. The average Bonchev–Trinajstić information content (AvgIpc) is 2.11. The second-order valence-electron chi connectivity index (χ2n) is 5.54. The van der Waals surface area contributed by atoms with Crippen LogP contribution in [0.25, 0.3) is 5.57 Å². The van der Waals surface area contributed by atoms with Gasteiger partial charge in [-0.2, -0.15) is 0 Å². The molecule has 2 heteroatoms. The average molecular weight is 264 g/mol. The Hall–Kier alpha value is -0.790. The zero-order valence-electron chi connectivity index (χ0n) is 11.6. The monoisotopic (exact) mass is 263 g/mol. The van der Waals surface area contributed by atoms with Gasteiger partial charge >= 0.3 is 0 Å². The van der Waals surface area contributed by atoms with Gasteiger partial charge in [0.2, 0.25) is 0 Å². The van der Waals surface area contributed by atoms with Crippen LogP contribution in [0.3, 0.4) is 0 Å². The first kappa shape index (κ1) is 13.6. The van der Waals surface area contributed by atoms with Crippen LogP contribution in [0.15, 0.2) is 18.7 Å². The lowest BCUT2D eigenvalue weighted by molar-refractivity contribution is 0.178. The van der Waals surface area contributed by atoms with Gasteiger partial charge in [0.25, 0.3) is 0 Å². The van der Waals surface area contributed by atoms with Crippen molar-refractivity contribution in [1.82, 2.24) is 4.90 Å². The molecule has 0 radical (unpaired) electrons. The topological polar surface area (TPSA) is 3.24 Å². The number of hydrogen-bond donors (Lipinski definition) is 0. The molecule has 1 fully saturated rings. The van der Waals surface area contributed by atoms with Crippen molar-refractivity contribution in [3.8, 4) is 0 Å². The number of benzene rings is 1. The molecule has 18 heavy (non-hydrogen) atoms. The van der Waals surface area contributed by atoms with Gasteiger partial charge in [-0.3, -0.25) is 4.90 Å². The van der Waals surface area contributed by atoms with Crippen LogP contribution in [0, 0.1) is 13.8 Å². The molecule has 1 nitrogen and oxygen atoms in total. The summed E-state index contributed by atoms with van der Waals surface area (Å²) in [5.41, 5.74) is 4.70. The van der Waals surface area contributed by atoms with Crippen molar-refractivity contribution in [1.29, 1.82) is 0 Å². The van der Waals surface area contributed by atoms with Crippen molar-refractivity contribution >= 4 is 17.2 Å². The molecule has 2 rings (SSSR count). The van der Waals surface area contributed by atoms with Crippen molar-refractivity contribution in [3.63, 3.8) is 0 Å². The molecule has 98 valence electrons. The van der Waals surface area contributed by atoms with Gasteiger partial charge in [0.1, 0.15) is 0 Å². The maximum atomic E-state index is 6.36. The molecule has 0 amide bonds. The zero-order valence-corrected chi connectivity index (χ0v) is 12.3. The van der Waals surface area contributed by atoms with Crippen LogP contribution in [0.4, 0.5) is 0 Å². The van der Waals surface area contributed by atoms with Crippen LogP contribution < -0.4 is 0 Å². The van der Waals surface area contributed by atoms with E-state index in [0.717, 1.165) is 28.7 Å². The first-order chi connectivity index (χ1) is 8.49. The van der Waals surface area contributed by atoms with Gasteiger partial charge in [-0.25, -0.2) is 0 Å². The third-order valence-corrected chi connectivity index (χ3v) is 4.22. The quantitative estimate of drug-likeness (QED) is 0.776. The van der Waals surface area contributed by atoms with Crippen molar-refractivity contribution in [2.75, 3.05) is 13.6 Å². The number of halogens is 1. The molecule has 0 bridgehead atoms. The number of nitrogens with zero attached hydrogens (tertiary/aromatic N) is 1. The summed E-state index contributed by atoms with van der Waals surface area (Å²) in [5, 5.41) is 0.833. The van der Waals surface area contributed by atoms with E-state index < -0.39 is 0 Å². The first-order valence-electron chi connectivity index (χ1n) is 6.64. The van der Waals surface area contributed by atoms with E-state index in [1.807, 2.05) is 6.07 Å². The predicted molar refractivity (Wildman–Crippen MR) is 80.2 cm³/mol. The fraction of sp³-hybridized carbons (Fsp3) is 0.500. The molecule has 1 aliphatic carbocycles. The molecule has 0 aromatic heterocycles. The zero-order chi connectivity index (χ0) is 13.3. The molecule has 1 aromatic carbocycles. The summed E-state index contributed by atoms with van der Waals surface area (Å²) in [7, 11) is 2.19. The van der Waals surface area contributed by atoms with Gasteiger partial charge in [0, 0.05) is 17.6 Å². The summed E-state index contributed by atoms with van der Waals surface area (Å²) >= 11 is 6.36. The minimum atomic E-state index is 0.742. The SMILES string of the molecule is C=C(CN(C)C1CCC1)c1c(C)cc(C)cc1Cl. The van der Waals surface area contributed by atoms with Gasteiger partial charge in [-0.1, -0.05) is 30.7 Å². The molecule has 0 heterocycles. The Morgan fingerprint density at radius 3 is 2.56 bits per heavy atom. The van der Waals surface area contributed by atoms with E-state index in [-0.39, 0.29) is 0 Å². The normalized spacial score (nSPS) is 15.8. The van der Waals surface area contributed by atoms with E-state index in [9.17, 15) is 0 Å². The van der Waals surface area contributed by atoms with E-state index in [4.69, 9.17) is 11.6 Å². The van der Waals surface area contributed by atoms with Crippen molar-refractivity contribution in [2.45, 2.75) is 39.2 Å². The van der Waals surface area contributed by atoms with Gasteiger partial charge in [-0.15, -0.1) is 0 Å². The third-order valence-electron chi connectivity index (χ3n) is 3.92. The van der Waals surface area contributed by atoms with Crippen LogP contribution in [0.1, 0.15) is 36.0 Å². The Kier molecular flexibility index (Phi) is 4.14. The summed E-state index contributed by atoms with van der Waals surface area (Å²) in [6, 6.07) is 4.94. The highest BCUT2D eigenvalue weighted by Crippen LogP contribution is 2.30. The Morgan fingerprint density at radius 1 is 1.39 bits per heavy atom. The van der Waals surface area contributed by atoms with Crippen LogP contribution in [-0.2, 0) is 0 Å². The lowest BCUT2D eigenvalue weighted by Crippen LogP contribution is -2.37. The molecule has 0 unspecified atom stereocenters. The molecule has 1 saturated carbocycles. The summed E-state index contributed by atoms with van der Waals surface area (Å²) < 4.78 is 0. The molecule has 0 N–H and O–H groups in total. The van der Waals surface area contributed by atoms with Crippen molar-refractivity contribution in [2.24, 2.45) is 0 Å². The molecule has 0 atom stereocenters. The minimum Gasteiger partial charge on any atom is -0.299 e. The summed E-state index contributed by atoms with van der Waals surface area (Å²) in [6.45, 7) is 9.33. The highest BCUT2D eigenvalue weighted by molar-refractivity contribution is 6.32. The highest BCUT2D eigenvalue weighted by atomic mass is 35.5. The highest BCUT2D eigenvalue weighted by Gasteiger charge is 2.22. The van der Waals surface area contributed by atoms with Crippen LogP contribution in [-0.4, -0.2) is 24.5 Å². The van der Waals surface area contributed by atoms with Crippen LogP contribution >= 0.6 is 11.6 Å². The van der Waals surface area contributed by atoms with E-state index in [1.165, 1.54) is 30.4 Å². The lowest BCUT2D eigenvalue weighted by Gasteiger charge is -2.35. The van der Waals surface area contributed by atoms with E-state index >= 15 is 0 Å². The second-order valence-corrected chi connectivity index (χ2v) is 5.95. The van der Waals surface area contributed by atoms with Gasteiger partial charge in [-0.05, 0) is 62.1 Å². The molecular weight excluding hydrogens is 242 g/mol. The summed E-state index contributed by atoms with van der Waals surface area (Å²) in [5.74, 6) is 0. The molecule has 0 aliphatic heterocycles. The molecule has 0 spiro atoms. The largest absolute Gasteiger partial charge is 0.299 e. The Morgan fingerprint density at radius 2 is 2.06 bits per heavy atom. The van der Waals surface area contributed by atoms with Gasteiger partial charge < -0.3 is 0 Å². The number of likely N-dealkylation sites (N-methyl/N-ethyl adjacent to an activating group) is 1. The maximum absolute atomic E-state index is 6.36. The van der Waals surface area contributed by atoms with E-state index in [2.05, 4.69) is 38.4 Å². The van der Waals surface area contributed by atoms with Crippen LogP contribution in [0.2, 0.25) is 5.02 Å². The predicted octanol–water partition coefficient (Wildman–Crippen LogP) is 4.45. The summed E-state index contributed by atoms with van der Waals surface area (Å²) in [4.78, 5) is 2.40. The van der Waals surface area contributed by atoms with E-state index in [1.54, 1.807) is 0 Å². The number of aryl methyl sites for hydroxylation is 2. The Labute approximate surface area is 115 Å². The number of hydrogen-bond acceptors (Lipinski definition) is 1. The van der Waals surface area contributed by atoms with E-state index in [0.29, 0.717) is 0 Å². The molecular formula is C16H22ClN. The Balaban J connectivity index is 2.13. The third kappa shape index (κ3) is 2.78. The molecule has 0 saturated heterocycles.